The van der Waals surface area contributed by atoms with Crippen LogP contribution in [-0.2, 0) is 0 Å². The van der Waals surface area contributed by atoms with Crippen LogP contribution in [0.2, 0.25) is 0 Å². The molecule has 0 radical (unpaired) electrons. The van der Waals surface area contributed by atoms with Gasteiger partial charge in [0.1, 0.15) is 5.75 Å². The Bertz CT molecular complexity index is 825. The van der Waals surface area contributed by atoms with E-state index in [9.17, 15) is 4.79 Å². The summed E-state index contributed by atoms with van der Waals surface area (Å²) in [6, 6.07) is 20.8. The van der Waals surface area contributed by atoms with Gasteiger partial charge in [0.25, 0.3) is 0 Å². The van der Waals surface area contributed by atoms with Crippen LogP contribution in [0, 0.1) is 0 Å². The molecule has 2 N–H and O–H groups in total. The monoisotopic (exact) mass is 306 g/mol. The van der Waals surface area contributed by atoms with E-state index in [1.165, 1.54) is 0 Å². The van der Waals surface area contributed by atoms with Crippen molar-refractivity contribution in [1.29, 1.82) is 0 Å². The number of carbonyl (C=O) groups excluding carboxylic acids is 1. The van der Waals surface area contributed by atoms with Crippen molar-refractivity contribution in [1.82, 2.24) is 0 Å². The lowest BCUT2D eigenvalue weighted by atomic mass is 10.1. The second-order valence-electron chi connectivity index (χ2n) is 5.04. The number of benzene rings is 3. The fraction of sp³-hybridized carbons (Fsp3) is 0.105. The van der Waals surface area contributed by atoms with Crippen LogP contribution in [0.3, 0.4) is 0 Å². The first-order valence-corrected chi connectivity index (χ1v) is 7.55. The Balaban J connectivity index is 1.79. The van der Waals surface area contributed by atoms with Gasteiger partial charge in [-0.05, 0) is 30.5 Å². The van der Waals surface area contributed by atoms with E-state index in [1.807, 2.05) is 73.7 Å². The molecule has 0 aliphatic rings. The lowest BCUT2D eigenvalue weighted by Gasteiger charge is -2.13. The summed E-state index contributed by atoms with van der Waals surface area (Å²) in [5, 5.41) is 7.82. The van der Waals surface area contributed by atoms with E-state index in [2.05, 4.69) is 10.6 Å². The average Bonchev–Trinajstić information content (AvgIpc) is 2.57. The number of urea groups is 1. The highest BCUT2D eigenvalue weighted by molar-refractivity contribution is 6.06. The third kappa shape index (κ3) is 3.43. The molecule has 2 amide bonds. The molecule has 4 nitrogen and oxygen atoms in total. The topological polar surface area (TPSA) is 50.4 Å². The molecular weight excluding hydrogens is 288 g/mol. The van der Waals surface area contributed by atoms with Crippen molar-refractivity contribution in [3.8, 4) is 5.75 Å². The van der Waals surface area contributed by atoms with Crippen LogP contribution in [0.15, 0.2) is 66.7 Å². The summed E-state index contributed by atoms with van der Waals surface area (Å²) in [7, 11) is 0. The lowest BCUT2D eigenvalue weighted by molar-refractivity contribution is 0.262. The molecule has 0 aliphatic carbocycles. The van der Waals surface area contributed by atoms with Crippen LogP contribution < -0.4 is 15.4 Å². The summed E-state index contributed by atoms with van der Waals surface area (Å²) in [5.74, 6) is 0.656. The maximum absolute atomic E-state index is 12.3. The summed E-state index contributed by atoms with van der Waals surface area (Å²) in [5.41, 5.74) is 1.42. The number of ether oxygens (including phenoxy) is 1. The minimum atomic E-state index is -0.298. The summed E-state index contributed by atoms with van der Waals surface area (Å²) in [4.78, 5) is 12.3. The highest BCUT2D eigenvalue weighted by atomic mass is 16.5. The molecule has 0 aromatic heterocycles. The standard InChI is InChI=1S/C19H18N2O2/c1-2-23-18-13-6-5-11-17(18)21-19(22)20-16-12-7-9-14-8-3-4-10-15(14)16/h3-13H,2H2,1H3,(H2,20,21,22). The van der Waals surface area contributed by atoms with Gasteiger partial charge in [-0.1, -0.05) is 48.5 Å². The number of anilines is 2. The molecule has 23 heavy (non-hydrogen) atoms. The molecule has 0 aliphatic heterocycles. The summed E-state index contributed by atoms with van der Waals surface area (Å²) >= 11 is 0. The normalized spacial score (nSPS) is 10.3. The lowest BCUT2D eigenvalue weighted by Crippen LogP contribution is -2.20. The number of hydrogen-bond acceptors (Lipinski definition) is 2. The summed E-state index contributed by atoms with van der Waals surface area (Å²) in [6.07, 6.45) is 0. The molecule has 3 aromatic carbocycles. The van der Waals surface area contributed by atoms with Gasteiger partial charge in [0.2, 0.25) is 0 Å². The average molecular weight is 306 g/mol. The van der Waals surface area contributed by atoms with Crippen LogP contribution in [0.5, 0.6) is 5.75 Å². The molecule has 116 valence electrons. The fourth-order valence-electron chi connectivity index (χ4n) is 2.46. The zero-order valence-electron chi connectivity index (χ0n) is 12.9. The van der Waals surface area contributed by atoms with Crippen LogP contribution >= 0.6 is 0 Å². The zero-order valence-corrected chi connectivity index (χ0v) is 12.9. The Labute approximate surface area is 135 Å². The molecule has 0 unspecified atom stereocenters. The Morgan fingerprint density at radius 2 is 1.52 bits per heavy atom. The quantitative estimate of drug-likeness (QED) is 0.721. The fourth-order valence-corrected chi connectivity index (χ4v) is 2.46. The zero-order chi connectivity index (χ0) is 16.1. The predicted octanol–water partition coefficient (Wildman–Crippen LogP) is 4.88. The first-order chi connectivity index (χ1) is 11.3. The van der Waals surface area contributed by atoms with E-state index in [4.69, 9.17) is 4.74 Å². The second-order valence-corrected chi connectivity index (χ2v) is 5.04. The molecule has 4 heteroatoms. The van der Waals surface area contributed by atoms with Gasteiger partial charge in [-0.25, -0.2) is 4.79 Å². The van der Waals surface area contributed by atoms with Crippen LogP contribution in [0.4, 0.5) is 16.2 Å². The van der Waals surface area contributed by atoms with Crippen LogP contribution in [0.25, 0.3) is 10.8 Å². The highest BCUT2D eigenvalue weighted by Gasteiger charge is 2.08. The smallest absolute Gasteiger partial charge is 0.323 e. The van der Waals surface area contributed by atoms with Crippen LogP contribution in [-0.4, -0.2) is 12.6 Å². The van der Waals surface area contributed by atoms with E-state index >= 15 is 0 Å². The minimum absolute atomic E-state index is 0.298. The van der Waals surface area contributed by atoms with Crippen molar-refractivity contribution in [2.45, 2.75) is 6.92 Å². The number of amides is 2. The minimum Gasteiger partial charge on any atom is -0.492 e. The Morgan fingerprint density at radius 3 is 2.39 bits per heavy atom. The first-order valence-electron chi connectivity index (χ1n) is 7.55. The van der Waals surface area contributed by atoms with E-state index in [0.717, 1.165) is 16.5 Å². The van der Waals surface area contributed by atoms with Gasteiger partial charge in [0.15, 0.2) is 0 Å². The van der Waals surface area contributed by atoms with Gasteiger partial charge < -0.3 is 15.4 Å². The van der Waals surface area contributed by atoms with E-state index in [0.29, 0.717) is 18.0 Å². The Kier molecular flexibility index (Phi) is 4.43. The van der Waals surface area contributed by atoms with Crippen molar-refractivity contribution < 1.29 is 9.53 Å². The maximum atomic E-state index is 12.3. The molecule has 0 saturated carbocycles. The molecule has 3 rings (SSSR count). The molecule has 0 heterocycles. The molecule has 0 fully saturated rings. The van der Waals surface area contributed by atoms with Crippen molar-refractivity contribution in [3.63, 3.8) is 0 Å². The number of rotatable bonds is 4. The van der Waals surface area contributed by atoms with Gasteiger partial charge >= 0.3 is 6.03 Å². The second kappa shape index (κ2) is 6.83. The highest BCUT2D eigenvalue weighted by Crippen LogP contribution is 2.25. The van der Waals surface area contributed by atoms with Crippen molar-refractivity contribution in [2.24, 2.45) is 0 Å². The van der Waals surface area contributed by atoms with Gasteiger partial charge in [-0.2, -0.15) is 0 Å². The maximum Gasteiger partial charge on any atom is 0.323 e. The van der Waals surface area contributed by atoms with Crippen molar-refractivity contribution in [3.05, 3.63) is 66.7 Å². The van der Waals surface area contributed by atoms with Crippen LogP contribution in [0.1, 0.15) is 6.92 Å². The van der Waals surface area contributed by atoms with E-state index in [1.54, 1.807) is 0 Å². The molecule has 0 saturated heterocycles. The van der Waals surface area contributed by atoms with Crippen molar-refractivity contribution in [2.75, 3.05) is 17.2 Å². The molecular formula is C19H18N2O2. The van der Waals surface area contributed by atoms with Gasteiger partial charge in [0, 0.05) is 5.39 Å². The third-order valence-electron chi connectivity index (χ3n) is 3.47. The van der Waals surface area contributed by atoms with Gasteiger partial charge in [-0.3, -0.25) is 0 Å². The Morgan fingerprint density at radius 1 is 0.870 bits per heavy atom. The summed E-state index contributed by atoms with van der Waals surface area (Å²) < 4.78 is 5.52. The Hall–Kier alpha value is -3.01. The summed E-state index contributed by atoms with van der Waals surface area (Å²) in [6.45, 7) is 2.45. The number of para-hydroxylation sites is 2. The largest absolute Gasteiger partial charge is 0.492 e. The molecule has 0 atom stereocenters. The van der Waals surface area contributed by atoms with Gasteiger partial charge in [-0.15, -0.1) is 0 Å². The molecule has 0 spiro atoms. The van der Waals surface area contributed by atoms with Gasteiger partial charge in [0.05, 0.1) is 18.0 Å². The first kappa shape index (κ1) is 14.9. The number of carbonyl (C=O) groups is 1. The number of nitrogens with one attached hydrogen (secondary N) is 2. The van der Waals surface area contributed by atoms with Crippen molar-refractivity contribution >= 4 is 28.2 Å². The van der Waals surface area contributed by atoms with E-state index in [-0.39, 0.29) is 6.03 Å². The molecule has 0 bridgehead atoms. The number of hydrogen-bond donors (Lipinski definition) is 2. The number of fused-ring (bicyclic) bond motifs is 1. The molecule has 3 aromatic rings. The SMILES string of the molecule is CCOc1ccccc1NC(=O)Nc1cccc2ccccc12. The third-order valence-corrected chi connectivity index (χ3v) is 3.47. The van der Waals surface area contributed by atoms with E-state index < -0.39 is 0 Å². The predicted molar refractivity (Wildman–Crippen MR) is 94.2 cm³/mol.